The first kappa shape index (κ1) is 31.3. The molecule has 1 aliphatic heterocycles. The number of benzene rings is 2. The van der Waals surface area contributed by atoms with E-state index in [2.05, 4.69) is 22.8 Å². The van der Waals surface area contributed by atoms with Gasteiger partial charge in [0.05, 0.1) is 18.7 Å². The molecule has 36 heavy (non-hydrogen) atoms. The minimum absolute atomic E-state index is 0. The number of amides is 2. The number of aryl methyl sites for hydroxylation is 1. The number of anilines is 1. The lowest BCUT2D eigenvalue weighted by Gasteiger charge is -2.28. The molecule has 0 spiro atoms. The molecule has 196 valence electrons. The minimum atomic E-state index is -0.612. The molecule has 3 rings (SSSR count). The highest BCUT2D eigenvalue weighted by atomic mass is 35.5. The number of hydrogen-bond acceptors (Lipinski definition) is 6. The van der Waals surface area contributed by atoms with Gasteiger partial charge in [0, 0.05) is 38.9 Å². The van der Waals surface area contributed by atoms with Gasteiger partial charge in [0.15, 0.2) is 0 Å². The molecule has 0 aromatic heterocycles. The number of halogens is 3. The highest BCUT2D eigenvalue weighted by Crippen LogP contribution is 2.24. The maximum Gasteiger partial charge on any atom is 0.250 e. The molecule has 0 atom stereocenters. The number of nitriles is 1. The number of hydrogen-bond donors (Lipinski definition) is 2. The molecule has 2 aromatic carbocycles. The monoisotopic (exact) mass is 538 g/mol. The summed E-state index contributed by atoms with van der Waals surface area (Å²) in [6.07, 6.45) is 0. The van der Waals surface area contributed by atoms with E-state index in [0.29, 0.717) is 37.4 Å². The summed E-state index contributed by atoms with van der Waals surface area (Å²) in [6, 6.07) is 12.6. The third-order valence-electron chi connectivity index (χ3n) is 5.92. The molecular weight excluding hydrogens is 506 g/mol. The van der Waals surface area contributed by atoms with E-state index >= 15 is 0 Å². The summed E-state index contributed by atoms with van der Waals surface area (Å²) < 4.78 is 14.0. The third-order valence-corrected chi connectivity index (χ3v) is 5.92. The van der Waals surface area contributed by atoms with E-state index in [-0.39, 0.29) is 55.3 Å². The normalized spacial score (nSPS) is 12.1. The molecule has 0 bridgehead atoms. The largest absolute Gasteiger partial charge is 0.315 e. The van der Waals surface area contributed by atoms with Crippen LogP contribution >= 0.6 is 24.8 Å². The Hall–Kier alpha value is -2.74. The summed E-state index contributed by atoms with van der Waals surface area (Å²) in [5, 5.41) is 18.9. The highest BCUT2D eigenvalue weighted by molar-refractivity contribution is 5.96. The Kier molecular flexibility index (Phi) is 12.8. The van der Waals surface area contributed by atoms with E-state index in [1.165, 1.54) is 28.2 Å². The topological polar surface area (TPSA) is 91.7 Å². The summed E-state index contributed by atoms with van der Waals surface area (Å²) in [5.41, 5.74) is 3.34. The smallest absolute Gasteiger partial charge is 0.250 e. The Bertz CT molecular complexity index is 1070. The van der Waals surface area contributed by atoms with Crippen LogP contribution in [0.2, 0.25) is 0 Å². The number of fused-ring (bicyclic) bond motifs is 1. The maximum absolute atomic E-state index is 14.0. The summed E-state index contributed by atoms with van der Waals surface area (Å²) in [4.78, 5) is 27.3. The summed E-state index contributed by atoms with van der Waals surface area (Å²) in [5.74, 6) is -1.02. The molecule has 2 N–H and O–H groups in total. The predicted octanol–water partition coefficient (Wildman–Crippen LogP) is 2.77. The van der Waals surface area contributed by atoms with Gasteiger partial charge in [0.25, 0.3) is 5.91 Å². The van der Waals surface area contributed by atoms with E-state index in [9.17, 15) is 19.2 Å². The number of nitrogens with one attached hydrogen (secondary N) is 2. The molecule has 1 aliphatic rings. The molecule has 0 aliphatic carbocycles. The van der Waals surface area contributed by atoms with Crippen molar-refractivity contribution in [1.82, 2.24) is 20.7 Å². The van der Waals surface area contributed by atoms with Crippen molar-refractivity contribution in [3.8, 4) is 6.07 Å². The molecule has 2 aromatic rings. The van der Waals surface area contributed by atoms with Gasteiger partial charge in [0.1, 0.15) is 11.9 Å². The van der Waals surface area contributed by atoms with Gasteiger partial charge in [-0.2, -0.15) is 5.26 Å². The lowest BCUT2D eigenvalue weighted by atomic mass is 10.1. The average Bonchev–Trinajstić information content (AvgIpc) is 3.26. The van der Waals surface area contributed by atoms with Crippen molar-refractivity contribution in [3.05, 3.63) is 64.5 Å². The van der Waals surface area contributed by atoms with Crippen molar-refractivity contribution in [2.45, 2.75) is 26.9 Å². The average molecular weight is 539 g/mol. The van der Waals surface area contributed by atoms with Gasteiger partial charge in [-0.1, -0.05) is 31.2 Å². The lowest BCUT2D eigenvalue weighted by Crippen LogP contribution is -2.47. The van der Waals surface area contributed by atoms with E-state index in [1.807, 2.05) is 30.1 Å². The van der Waals surface area contributed by atoms with Crippen LogP contribution in [0.25, 0.3) is 0 Å². The Morgan fingerprint density at radius 2 is 1.69 bits per heavy atom. The molecule has 8 nitrogen and oxygen atoms in total. The zero-order valence-electron chi connectivity index (χ0n) is 20.7. The molecule has 0 saturated heterocycles. The number of likely N-dealkylation sites (N-methyl/N-ethyl adjacent to an activating group) is 2. The second-order valence-corrected chi connectivity index (χ2v) is 8.24. The molecule has 0 saturated carbocycles. The SMILES string of the molecule is CCNCCN(C(=O)CNCC(=O)N(C)N1Cc2ccccc2C1)c1cc(C#N)c(F)cc1C.Cl.Cl. The van der Waals surface area contributed by atoms with Crippen LogP contribution in [0, 0.1) is 24.1 Å². The van der Waals surface area contributed by atoms with Crippen LogP contribution in [0.15, 0.2) is 36.4 Å². The van der Waals surface area contributed by atoms with Crippen molar-refractivity contribution in [2.24, 2.45) is 0 Å². The van der Waals surface area contributed by atoms with Crippen LogP contribution in [0.5, 0.6) is 0 Å². The molecule has 2 amide bonds. The van der Waals surface area contributed by atoms with E-state index in [1.54, 1.807) is 19.0 Å². The first-order chi connectivity index (χ1) is 16.3. The maximum atomic E-state index is 14.0. The van der Waals surface area contributed by atoms with Gasteiger partial charge in [0.2, 0.25) is 5.91 Å². The summed E-state index contributed by atoms with van der Waals surface area (Å²) in [6.45, 7) is 6.57. The first-order valence-electron chi connectivity index (χ1n) is 11.4. The van der Waals surface area contributed by atoms with E-state index in [0.717, 1.165) is 6.54 Å². The van der Waals surface area contributed by atoms with Crippen molar-refractivity contribution in [2.75, 3.05) is 44.7 Å². The van der Waals surface area contributed by atoms with Crippen LogP contribution in [-0.4, -0.2) is 61.6 Å². The van der Waals surface area contributed by atoms with Crippen molar-refractivity contribution in [1.29, 1.82) is 5.26 Å². The van der Waals surface area contributed by atoms with Crippen molar-refractivity contribution in [3.63, 3.8) is 0 Å². The summed E-state index contributed by atoms with van der Waals surface area (Å²) in [7, 11) is 1.73. The second-order valence-electron chi connectivity index (χ2n) is 8.24. The van der Waals surface area contributed by atoms with Crippen LogP contribution < -0.4 is 15.5 Å². The second kappa shape index (κ2) is 14.7. The molecular formula is C25H33Cl2FN6O2. The Balaban J connectivity index is 0.00000324. The number of hydrazine groups is 1. The zero-order valence-corrected chi connectivity index (χ0v) is 22.3. The molecule has 0 radical (unpaired) electrons. The van der Waals surface area contributed by atoms with Crippen LogP contribution in [-0.2, 0) is 22.7 Å². The molecule has 0 unspecified atom stereocenters. The lowest BCUT2D eigenvalue weighted by molar-refractivity contribution is -0.145. The predicted molar refractivity (Wildman–Crippen MR) is 143 cm³/mol. The quantitative estimate of drug-likeness (QED) is 0.452. The van der Waals surface area contributed by atoms with Crippen molar-refractivity contribution < 1.29 is 14.0 Å². The zero-order chi connectivity index (χ0) is 24.7. The third kappa shape index (κ3) is 7.63. The van der Waals surface area contributed by atoms with Gasteiger partial charge in [-0.05, 0) is 42.3 Å². The van der Waals surface area contributed by atoms with Crippen molar-refractivity contribution >= 4 is 42.3 Å². The fourth-order valence-electron chi connectivity index (χ4n) is 3.96. The number of rotatable bonds is 10. The van der Waals surface area contributed by atoms with Gasteiger partial charge in [-0.3, -0.25) is 19.9 Å². The minimum Gasteiger partial charge on any atom is -0.315 e. The Morgan fingerprint density at radius 1 is 1.08 bits per heavy atom. The fraction of sp³-hybridized carbons (Fsp3) is 0.400. The number of carbonyl (C=O) groups is 2. The summed E-state index contributed by atoms with van der Waals surface area (Å²) >= 11 is 0. The standard InChI is InChI=1S/C25H31FN6O2.2ClH/c1-4-28-9-10-32(23-12-21(13-27)22(26)11-18(23)2)25(34)15-29-14-24(33)30(3)31-16-19-7-5-6-8-20(19)17-31;;/h5-8,11-12,28-29H,4,9-10,14-17H2,1-3H3;2*1H. The molecule has 11 heteroatoms. The Morgan fingerprint density at radius 3 is 2.28 bits per heavy atom. The number of nitrogens with zero attached hydrogens (tertiary/aromatic N) is 4. The Labute approximate surface area is 224 Å². The van der Waals surface area contributed by atoms with Gasteiger partial charge < -0.3 is 10.2 Å². The number of carbonyl (C=O) groups excluding carboxylic acids is 2. The van der Waals surface area contributed by atoms with E-state index in [4.69, 9.17) is 0 Å². The van der Waals surface area contributed by atoms with Gasteiger partial charge >= 0.3 is 0 Å². The van der Waals surface area contributed by atoms with Gasteiger partial charge in [-0.15, -0.1) is 24.8 Å². The molecule has 0 fully saturated rings. The highest BCUT2D eigenvalue weighted by Gasteiger charge is 2.25. The van der Waals surface area contributed by atoms with E-state index < -0.39 is 5.82 Å². The van der Waals surface area contributed by atoms with Crippen LogP contribution in [0.3, 0.4) is 0 Å². The first-order valence-corrected chi connectivity index (χ1v) is 11.4. The fourth-order valence-corrected chi connectivity index (χ4v) is 3.96. The van der Waals surface area contributed by atoms with Crippen LogP contribution in [0.4, 0.5) is 10.1 Å². The van der Waals surface area contributed by atoms with Gasteiger partial charge in [-0.25, -0.2) is 9.40 Å². The van der Waals surface area contributed by atoms with Crippen LogP contribution in [0.1, 0.15) is 29.2 Å². The molecule has 1 heterocycles.